The number of hydrogen-bond donors (Lipinski definition) is 1. The van der Waals surface area contributed by atoms with Gasteiger partial charge >= 0.3 is 0 Å². The minimum atomic E-state index is 0.116. The van der Waals surface area contributed by atoms with Crippen molar-refractivity contribution in [2.45, 2.75) is 27.2 Å². The van der Waals surface area contributed by atoms with E-state index >= 15 is 0 Å². The van der Waals surface area contributed by atoms with Crippen LogP contribution in [-0.2, 0) is 6.42 Å². The molecule has 1 N–H and O–H groups in total. The van der Waals surface area contributed by atoms with Gasteiger partial charge in [0.05, 0.1) is 0 Å². The van der Waals surface area contributed by atoms with Crippen LogP contribution in [0.25, 0.3) is 10.9 Å². The van der Waals surface area contributed by atoms with Crippen molar-refractivity contribution in [3.8, 4) is 0 Å². The summed E-state index contributed by atoms with van der Waals surface area (Å²) in [6.45, 7) is 6.64. The molecule has 0 spiro atoms. The Kier molecular flexibility index (Phi) is 3.32. The van der Waals surface area contributed by atoms with Gasteiger partial charge in [-0.2, -0.15) is 0 Å². The smallest absolute Gasteiger partial charge is 0.189 e. The van der Waals surface area contributed by atoms with Crippen LogP contribution in [0.5, 0.6) is 0 Å². The average molecular weight is 229 g/mol. The molecule has 17 heavy (non-hydrogen) atoms. The third-order valence-electron chi connectivity index (χ3n) is 3.47. The van der Waals surface area contributed by atoms with Gasteiger partial charge in [0.1, 0.15) is 0 Å². The second-order valence-electron chi connectivity index (χ2n) is 5.13. The van der Waals surface area contributed by atoms with E-state index in [4.69, 9.17) is 0 Å². The van der Waals surface area contributed by atoms with E-state index in [1.807, 2.05) is 24.3 Å². The van der Waals surface area contributed by atoms with E-state index in [1.54, 1.807) is 6.07 Å². The molecule has 0 aliphatic rings. The lowest BCUT2D eigenvalue weighted by molar-refractivity contribution is 0.414. The number of pyridine rings is 1. The van der Waals surface area contributed by atoms with Crippen molar-refractivity contribution in [2.24, 2.45) is 11.8 Å². The Morgan fingerprint density at radius 1 is 1.18 bits per heavy atom. The Bertz CT molecular complexity index is 568. The zero-order valence-corrected chi connectivity index (χ0v) is 10.7. The fourth-order valence-electron chi connectivity index (χ4n) is 1.94. The van der Waals surface area contributed by atoms with Crippen LogP contribution >= 0.6 is 0 Å². The number of H-pyrrole nitrogens is 1. The highest BCUT2D eigenvalue weighted by Crippen LogP contribution is 2.16. The minimum Gasteiger partial charge on any atom is -0.358 e. The third kappa shape index (κ3) is 2.57. The third-order valence-corrected chi connectivity index (χ3v) is 3.47. The van der Waals surface area contributed by atoms with Crippen molar-refractivity contribution in [3.05, 3.63) is 46.2 Å². The van der Waals surface area contributed by atoms with Crippen LogP contribution < -0.4 is 5.43 Å². The molecule has 0 fully saturated rings. The van der Waals surface area contributed by atoms with Crippen LogP contribution in [0.4, 0.5) is 0 Å². The van der Waals surface area contributed by atoms with Gasteiger partial charge in [0.25, 0.3) is 0 Å². The molecule has 1 atom stereocenters. The van der Waals surface area contributed by atoms with Crippen LogP contribution in [-0.4, -0.2) is 4.98 Å². The number of nitrogens with one attached hydrogen (secondary N) is 1. The molecule has 0 aliphatic carbocycles. The summed E-state index contributed by atoms with van der Waals surface area (Å²) in [5, 5.41) is 0.772. The van der Waals surface area contributed by atoms with Crippen LogP contribution in [0.15, 0.2) is 35.1 Å². The Hall–Kier alpha value is -1.57. The van der Waals surface area contributed by atoms with Crippen LogP contribution in [0.3, 0.4) is 0 Å². The molecule has 2 heteroatoms. The molecular weight excluding hydrogens is 210 g/mol. The lowest BCUT2D eigenvalue weighted by Crippen LogP contribution is -2.12. The Labute approximate surface area is 102 Å². The van der Waals surface area contributed by atoms with Gasteiger partial charge in [-0.05, 0) is 30.4 Å². The SMILES string of the molecule is CC(C)C(C)Cc1cc(=O)c2ccccc2[nH]1. The van der Waals surface area contributed by atoms with E-state index in [9.17, 15) is 4.79 Å². The summed E-state index contributed by atoms with van der Waals surface area (Å²) in [5.41, 5.74) is 2.09. The highest BCUT2D eigenvalue weighted by molar-refractivity contribution is 5.78. The maximum Gasteiger partial charge on any atom is 0.189 e. The molecule has 2 rings (SSSR count). The van der Waals surface area contributed by atoms with Gasteiger partial charge < -0.3 is 4.98 Å². The number of para-hydroxylation sites is 1. The quantitative estimate of drug-likeness (QED) is 0.860. The van der Waals surface area contributed by atoms with Gasteiger partial charge in [-0.25, -0.2) is 0 Å². The molecule has 2 aromatic rings. The predicted octanol–water partition coefficient (Wildman–Crippen LogP) is 3.36. The standard InChI is InChI=1S/C15H19NO/c1-10(2)11(3)8-12-9-15(17)13-6-4-5-7-14(13)16-12/h4-7,9-11H,8H2,1-3H3,(H,16,17). The van der Waals surface area contributed by atoms with Gasteiger partial charge in [0.15, 0.2) is 5.43 Å². The predicted molar refractivity (Wildman–Crippen MR) is 72.3 cm³/mol. The van der Waals surface area contributed by atoms with Crippen molar-refractivity contribution in [1.82, 2.24) is 4.98 Å². The second-order valence-corrected chi connectivity index (χ2v) is 5.13. The minimum absolute atomic E-state index is 0.116. The summed E-state index contributed by atoms with van der Waals surface area (Å²) >= 11 is 0. The largest absolute Gasteiger partial charge is 0.358 e. The zero-order chi connectivity index (χ0) is 12.4. The summed E-state index contributed by atoms with van der Waals surface area (Å²) in [4.78, 5) is 15.3. The summed E-state index contributed by atoms with van der Waals surface area (Å²) in [6.07, 6.45) is 0.928. The molecule has 1 aromatic heterocycles. The fourth-order valence-corrected chi connectivity index (χ4v) is 1.94. The summed E-state index contributed by atoms with van der Waals surface area (Å²) in [7, 11) is 0. The zero-order valence-electron chi connectivity index (χ0n) is 10.7. The number of aromatic amines is 1. The van der Waals surface area contributed by atoms with Crippen molar-refractivity contribution >= 4 is 10.9 Å². The highest BCUT2D eigenvalue weighted by atomic mass is 16.1. The van der Waals surface area contributed by atoms with E-state index in [0.29, 0.717) is 11.8 Å². The molecule has 90 valence electrons. The number of fused-ring (bicyclic) bond motifs is 1. The second kappa shape index (κ2) is 4.74. The summed E-state index contributed by atoms with van der Waals surface area (Å²) in [6, 6.07) is 9.41. The van der Waals surface area contributed by atoms with Gasteiger partial charge in [-0.15, -0.1) is 0 Å². The van der Waals surface area contributed by atoms with Crippen LogP contribution in [0, 0.1) is 11.8 Å². The first kappa shape index (κ1) is 11.9. The summed E-state index contributed by atoms with van der Waals surface area (Å²) < 4.78 is 0. The molecule has 0 aliphatic heterocycles. The molecule has 0 amide bonds. The lowest BCUT2D eigenvalue weighted by Gasteiger charge is -2.15. The van der Waals surface area contributed by atoms with E-state index in [1.165, 1.54) is 0 Å². The van der Waals surface area contributed by atoms with E-state index in [2.05, 4.69) is 25.8 Å². The van der Waals surface area contributed by atoms with Gasteiger partial charge in [-0.3, -0.25) is 4.79 Å². The molecular formula is C15H19NO. The number of rotatable bonds is 3. The fraction of sp³-hybridized carbons (Fsp3) is 0.400. The maximum absolute atomic E-state index is 11.9. The van der Waals surface area contributed by atoms with E-state index in [0.717, 1.165) is 23.0 Å². The van der Waals surface area contributed by atoms with Crippen molar-refractivity contribution in [2.75, 3.05) is 0 Å². The monoisotopic (exact) mass is 229 g/mol. The first-order valence-corrected chi connectivity index (χ1v) is 6.19. The molecule has 2 nitrogen and oxygen atoms in total. The molecule has 0 saturated carbocycles. The topological polar surface area (TPSA) is 32.9 Å². The average Bonchev–Trinajstić information content (AvgIpc) is 2.29. The molecule has 1 heterocycles. The Morgan fingerprint density at radius 3 is 2.59 bits per heavy atom. The molecule has 0 saturated heterocycles. The van der Waals surface area contributed by atoms with Crippen molar-refractivity contribution < 1.29 is 0 Å². The van der Waals surface area contributed by atoms with Gasteiger partial charge in [-0.1, -0.05) is 32.9 Å². The van der Waals surface area contributed by atoms with Crippen LogP contribution in [0.2, 0.25) is 0 Å². The van der Waals surface area contributed by atoms with E-state index < -0.39 is 0 Å². The highest BCUT2D eigenvalue weighted by Gasteiger charge is 2.09. The lowest BCUT2D eigenvalue weighted by atomic mass is 9.93. The molecule has 0 bridgehead atoms. The van der Waals surface area contributed by atoms with Gasteiger partial charge in [0, 0.05) is 22.7 Å². The van der Waals surface area contributed by atoms with E-state index in [-0.39, 0.29) is 5.43 Å². The normalized spacial score (nSPS) is 13.2. The van der Waals surface area contributed by atoms with Crippen LogP contribution in [0.1, 0.15) is 26.5 Å². The number of hydrogen-bond acceptors (Lipinski definition) is 1. The number of benzene rings is 1. The van der Waals surface area contributed by atoms with Crippen molar-refractivity contribution in [3.63, 3.8) is 0 Å². The molecule has 1 unspecified atom stereocenters. The van der Waals surface area contributed by atoms with Gasteiger partial charge in [0.2, 0.25) is 0 Å². The first-order valence-electron chi connectivity index (χ1n) is 6.19. The Balaban J connectivity index is 2.40. The van der Waals surface area contributed by atoms with Crippen molar-refractivity contribution in [1.29, 1.82) is 0 Å². The summed E-state index contributed by atoms with van der Waals surface area (Å²) in [5.74, 6) is 1.21. The maximum atomic E-state index is 11.9. The first-order chi connectivity index (χ1) is 8.08. The molecule has 1 aromatic carbocycles. The molecule has 0 radical (unpaired) electrons. The Morgan fingerprint density at radius 2 is 1.88 bits per heavy atom. The number of aromatic nitrogens is 1.